The molecule has 5 rings (SSSR count). The van der Waals surface area contributed by atoms with Crippen molar-refractivity contribution < 1.29 is 9.13 Å². The molecule has 0 N–H and O–H groups in total. The molecule has 0 amide bonds. The van der Waals surface area contributed by atoms with Crippen molar-refractivity contribution in [3.63, 3.8) is 0 Å². The van der Waals surface area contributed by atoms with Gasteiger partial charge in [0.15, 0.2) is 0 Å². The van der Waals surface area contributed by atoms with Crippen LogP contribution in [0.15, 0.2) is 35.1 Å². The summed E-state index contributed by atoms with van der Waals surface area (Å²) in [5.41, 5.74) is 2.44. The van der Waals surface area contributed by atoms with Crippen molar-refractivity contribution in [1.82, 2.24) is 9.55 Å². The Morgan fingerprint density at radius 3 is 2.41 bits per heavy atom. The van der Waals surface area contributed by atoms with E-state index in [9.17, 15) is 14.4 Å². The first-order chi connectivity index (χ1) is 17.8. The highest BCUT2D eigenvalue weighted by atomic mass is 35.5. The summed E-state index contributed by atoms with van der Waals surface area (Å²) in [6, 6.07) is 11.2. The molecule has 0 radical (unpaired) electrons. The highest BCUT2D eigenvalue weighted by Crippen LogP contribution is 2.41. The molecule has 1 aromatic carbocycles. The lowest BCUT2D eigenvalue weighted by atomic mass is 9.84. The van der Waals surface area contributed by atoms with Gasteiger partial charge in [-0.2, -0.15) is 5.26 Å². The number of nitriles is 1. The van der Waals surface area contributed by atoms with Gasteiger partial charge in [-0.3, -0.25) is 4.79 Å². The van der Waals surface area contributed by atoms with Gasteiger partial charge in [0.25, 0.3) is 5.56 Å². The Bertz CT molecular complexity index is 1420. The van der Waals surface area contributed by atoms with E-state index in [4.69, 9.17) is 16.3 Å². The van der Waals surface area contributed by atoms with Crippen LogP contribution in [0.5, 0.6) is 5.75 Å². The number of methoxy groups -OCH3 is 1. The van der Waals surface area contributed by atoms with Crippen molar-refractivity contribution in [2.75, 3.05) is 24.0 Å². The van der Waals surface area contributed by atoms with Gasteiger partial charge in [-0.25, -0.2) is 9.37 Å². The van der Waals surface area contributed by atoms with Gasteiger partial charge >= 0.3 is 0 Å². The number of hydrogen-bond acceptors (Lipinski definition) is 6. The van der Waals surface area contributed by atoms with E-state index in [0.717, 1.165) is 44.2 Å². The van der Waals surface area contributed by atoms with Crippen molar-refractivity contribution >= 4 is 34.0 Å². The lowest BCUT2D eigenvalue weighted by Gasteiger charge is -2.48. The van der Waals surface area contributed by atoms with Gasteiger partial charge in [0, 0.05) is 38.3 Å². The smallest absolute Gasteiger partial charge is 0.270 e. The van der Waals surface area contributed by atoms with Crippen LogP contribution in [0.25, 0.3) is 11.0 Å². The van der Waals surface area contributed by atoms with Gasteiger partial charge in [-0.1, -0.05) is 11.6 Å². The summed E-state index contributed by atoms with van der Waals surface area (Å²) in [4.78, 5) is 22.0. The molecule has 2 saturated carbocycles. The lowest BCUT2D eigenvalue weighted by Crippen LogP contribution is -2.50. The summed E-state index contributed by atoms with van der Waals surface area (Å²) in [6.07, 6.45) is 7.09. The van der Waals surface area contributed by atoms with Crippen molar-refractivity contribution in [1.29, 1.82) is 5.26 Å². The molecular formula is C28H31ClFN5O2. The number of rotatable bonds is 6. The second kappa shape index (κ2) is 10.2. The molecule has 0 aliphatic heterocycles. The maximum Gasteiger partial charge on any atom is 0.270 e. The number of aromatic nitrogens is 2. The molecule has 0 bridgehead atoms. The molecule has 0 saturated heterocycles. The number of nitrogens with zero attached hydrogens (tertiary/aromatic N) is 5. The van der Waals surface area contributed by atoms with E-state index in [-0.39, 0.29) is 23.0 Å². The molecule has 7 nitrogen and oxygen atoms in total. The van der Waals surface area contributed by atoms with E-state index in [2.05, 4.69) is 16.0 Å². The molecule has 2 aliphatic carbocycles. The zero-order valence-electron chi connectivity index (χ0n) is 21.4. The monoisotopic (exact) mass is 523 g/mol. The fourth-order valence-corrected chi connectivity index (χ4v) is 6.09. The van der Waals surface area contributed by atoms with Crippen LogP contribution >= 0.6 is 11.6 Å². The van der Waals surface area contributed by atoms with Gasteiger partial charge in [0.05, 0.1) is 24.0 Å². The van der Waals surface area contributed by atoms with Gasteiger partial charge in [-0.05, 0) is 69.2 Å². The molecule has 9 heteroatoms. The number of hydrogen-bond donors (Lipinski definition) is 0. The molecule has 194 valence electrons. The largest absolute Gasteiger partial charge is 0.494 e. The van der Waals surface area contributed by atoms with Crippen LogP contribution < -0.4 is 20.1 Å². The third-order valence-electron chi connectivity index (χ3n) is 8.14. The summed E-state index contributed by atoms with van der Waals surface area (Å²) in [6.45, 7) is 0. The second-order valence-electron chi connectivity index (χ2n) is 10.1. The Balaban J connectivity index is 1.44. The van der Waals surface area contributed by atoms with Gasteiger partial charge in [0.2, 0.25) is 0 Å². The Morgan fingerprint density at radius 1 is 1.11 bits per heavy atom. The van der Waals surface area contributed by atoms with Crippen molar-refractivity contribution in [3.8, 4) is 11.8 Å². The Labute approximate surface area is 221 Å². The summed E-state index contributed by atoms with van der Waals surface area (Å²) >= 11 is 6.23. The average molecular weight is 524 g/mol. The van der Waals surface area contributed by atoms with E-state index in [0.29, 0.717) is 39.7 Å². The van der Waals surface area contributed by atoms with E-state index >= 15 is 0 Å². The lowest BCUT2D eigenvalue weighted by molar-refractivity contribution is 0.298. The standard InChI is InChI=1S/C28H31ClFN5O2/c1-33(27-21(16-31)28(36)34(2)23-13-14-25(29)32-26(23)27)18-8-10-20(11-9-18)35(19-5-4-6-19)22-12-7-17(30)15-24(22)37-3/h7,12-15,18-20H,4-6,8-11H2,1-3H3/t18-,20+. The molecule has 0 spiro atoms. The molecule has 2 heterocycles. The van der Waals surface area contributed by atoms with Crippen LogP contribution in [-0.2, 0) is 7.05 Å². The van der Waals surface area contributed by atoms with Crippen molar-refractivity contribution in [3.05, 3.63) is 57.2 Å². The van der Waals surface area contributed by atoms with E-state index in [1.807, 2.05) is 18.0 Å². The molecule has 3 aromatic rings. The number of pyridine rings is 2. The fraction of sp³-hybridized carbons (Fsp3) is 0.464. The second-order valence-corrected chi connectivity index (χ2v) is 10.5. The van der Waals surface area contributed by atoms with Gasteiger partial charge in [-0.15, -0.1) is 0 Å². The molecular weight excluding hydrogens is 493 g/mol. The van der Waals surface area contributed by atoms with E-state index < -0.39 is 0 Å². The molecule has 0 atom stereocenters. The highest BCUT2D eigenvalue weighted by Gasteiger charge is 2.36. The predicted molar refractivity (Wildman–Crippen MR) is 144 cm³/mol. The Kier molecular flexibility index (Phi) is 7.00. The summed E-state index contributed by atoms with van der Waals surface area (Å²) in [5, 5.41) is 10.2. The van der Waals surface area contributed by atoms with Crippen LogP contribution in [0, 0.1) is 17.1 Å². The fourth-order valence-electron chi connectivity index (χ4n) is 5.94. The Hall–Kier alpha value is -3.31. The number of ether oxygens (including phenoxy) is 1. The first-order valence-corrected chi connectivity index (χ1v) is 13.2. The minimum atomic E-state index is -0.339. The quantitative estimate of drug-likeness (QED) is 0.402. The molecule has 2 fully saturated rings. The zero-order chi connectivity index (χ0) is 26.3. The van der Waals surface area contributed by atoms with E-state index in [1.54, 1.807) is 26.3 Å². The average Bonchev–Trinajstić information content (AvgIpc) is 2.87. The third kappa shape index (κ3) is 4.50. The van der Waals surface area contributed by atoms with Crippen LogP contribution in [-0.4, -0.2) is 41.8 Å². The van der Waals surface area contributed by atoms with Crippen LogP contribution in [0.2, 0.25) is 5.15 Å². The van der Waals surface area contributed by atoms with E-state index in [1.165, 1.54) is 23.1 Å². The molecule has 0 unspecified atom stereocenters. The maximum absolute atomic E-state index is 13.9. The van der Waals surface area contributed by atoms with Crippen molar-refractivity contribution in [2.24, 2.45) is 7.05 Å². The summed E-state index contributed by atoms with van der Waals surface area (Å²) < 4.78 is 20.9. The van der Waals surface area contributed by atoms with Gasteiger partial charge in [0.1, 0.15) is 33.9 Å². The maximum atomic E-state index is 13.9. The number of benzene rings is 1. The van der Waals surface area contributed by atoms with Crippen molar-refractivity contribution in [2.45, 2.75) is 63.1 Å². The zero-order valence-corrected chi connectivity index (χ0v) is 22.1. The van der Waals surface area contributed by atoms with Crippen LogP contribution in [0.1, 0.15) is 50.5 Å². The summed E-state index contributed by atoms with van der Waals surface area (Å²) in [7, 11) is 5.18. The minimum Gasteiger partial charge on any atom is -0.494 e. The SMILES string of the molecule is COc1cc(F)ccc1N(C1CCC1)[C@H]1CC[C@@H](N(C)c2c(C#N)c(=O)n(C)c3ccc(Cl)nc23)CC1. The van der Waals surface area contributed by atoms with Crippen LogP contribution in [0.3, 0.4) is 0 Å². The number of fused-ring (bicyclic) bond motifs is 1. The topological polar surface area (TPSA) is 74.4 Å². The minimum absolute atomic E-state index is 0.0848. The molecule has 2 aromatic heterocycles. The van der Waals surface area contributed by atoms with Gasteiger partial charge < -0.3 is 19.1 Å². The van der Waals surface area contributed by atoms with Crippen LogP contribution in [0.4, 0.5) is 15.8 Å². The Morgan fingerprint density at radius 2 is 1.78 bits per heavy atom. The highest BCUT2D eigenvalue weighted by molar-refractivity contribution is 6.29. The number of aryl methyl sites for hydroxylation is 1. The first-order valence-electron chi connectivity index (χ1n) is 12.8. The molecule has 2 aliphatic rings. The first kappa shape index (κ1) is 25.3. The summed E-state index contributed by atoms with van der Waals surface area (Å²) in [5.74, 6) is 0.266. The third-order valence-corrected chi connectivity index (χ3v) is 8.35. The normalized spacial score (nSPS) is 19.8. The number of anilines is 2. The number of halogens is 2. The molecule has 37 heavy (non-hydrogen) atoms. The predicted octanol–water partition coefficient (Wildman–Crippen LogP) is 5.41.